The van der Waals surface area contributed by atoms with Gasteiger partial charge in [-0.3, -0.25) is 14.5 Å². The number of benzene rings is 3. The summed E-state index contributed by atoms with van der Waals surface area (Å²) in [6.07, 6.45) is 0.485. The number of aryl methyl sites for hydroxylation is 1. The van der Waals surface area contributed by atoms with Crippen molar-refractivity contribution in [2.24, 2.45) is 0 Å². The van der Waals surface area contributed by atoms with Gasteiger partial charge in [0.15, 0.2) is 0 Å². The summed E-state index contributed by atoms with van der Waals surface area (Å²) in [6.45, 7) is 1.95. The van der Waals surface area contributed by atoms with E-state index in [0.717, 1.165) is 11.1 Å². The second-order valence-corrected chi connectivity index (χ2v) is 8.97. The summed E-state index contributed by atoms with van der Waals surface area (Å²) in [7, 11) is 1.57. The molecule has 1 fully saturated rings. The molecule has 2 amide bonds. The summed E-state index contributed by atoms with van der Waals surface area (Å²) in [5.74, 6) is -0.0857. The Hall–Kier alpha value is -4.02. The van der Waals surface area contributed by atoms with Gasteiger partial charge in [0.1, 0.15) is 22.4 Å². The molecule has 7 heteroatoms. The van der Waals surface area contributed by atoms with Crippen LogP contribution in [0, 0.1) is 18.3 Å². The third-order valence-electron chi connectivity index (χ3n) is 5.41. The van der Waals surface area contributed by atoms with E-state index in [0.29, 0.717) is 28.6 Å². The highest BCUT2D eigenvalue weighted by Gasteiger charge is 2.40. The second kappa shape index (κ2) is 10.3. The zero-order valence-electron chi connectivity index (χ0n) is 18.8. The van der Waals surface area contributed by atoms with E-state index in [1.807, 2.05) is 55.5 Å². The van der Waals surface area contributed by atoms with E-state index in [-0.39, 0.29) is 11.5 Å². The lowest BCUT2D eigenvalue weighted by Gasteiger charge is -2.19. The van der Waals surface area contributed by atoms with Crippen LogP contribution in [0.25, 0.3) is 0 Å². The van der Waals surface area contributed by atoms with E-state index < -0.39 is 11.2 Å². The summed E-state index contributed by atoms with van der Waals surface area (Å²) in [4.78, 5) is 28.1. The van der Waals surface area contributed by atoms with Crippen LogP contribution in [-0.4, -0.2) is 24.2 Å². The van der Waals surface area contributed by atoms with Crippen molar-refractivity contribution in [1.29, 1.82) is 5.26 Å². The Kier molecular flexibility index (Phi) is 7.00. The molecule has 34 heavy (non-hydrogen) atoms. The molecule has 0 saturated carbocycles. The maximum atomic E-state index is 13.5. The van der Waals surface area contributed by atoms with Gasteiger partial charge in [0.25, 0.3) is 5.91 Å². The van der Waals surface area contributed by atoms with Gasteiger partial charge >= 0.3 is 0 Å². The third kappa shape index (κ3) is 4.98. The Morgan fingerprint density at radius 2 is 1.74 bits per heavy atom. The predicted octanol–water partition coefficient (Wildman–Crippen LogP) is 5.07. The standard InChI is InChI=1S/C27H23N3O3S/c1-18-8-10-20(11-9-18)29-25(31)23(17-28)27-30(21-12-14-22(33-2)15-13-21)26(32)24(34-27)16-19-6-4-3-5-7-19/h3-15,24H,16H2,1-2H3,(H,29,31)/b27-23-. The average Bonchev–Trinajstić information content (AvgIpc) is 3.17. The average molecular weight is 470 g/mol. The van der Waals surface area contributed by atoms with Crippen LogP contribution < -0.4 is 15.0 Å². The molecular formula is C27H23N3O3S. The maximum Gasteiger partial charge on any atom is 0.269 e. The molecule has 3 aromatic rings. The van der Waals surface area contributed by atoms with Crippen LogP contribution in [-0.2, 0) is 16.0 Å². The van der Waals surface area contributed by atoms with E-state index in [9.17, 15) is 14.9 Å². The van der Waals surface area contributed by atoms with Crippen LogP contribution in [0.1, 0.15) is 11.1 Å². The SMILES string of the molecule is COc1ccc(N2C(=O)C(Cc3ccccc3)S/C2=C(/C#N)C(=O)Nc2ccc(C)cc2)cc1. The first-order chi connectivity index (χ1) is 16.5. The van der Waals surface area contributed by atoms with Gasteiger partial charge in [-0.25, -0.2) is 0 Å². The van der Waals surface area contributed by atoms with Crippen LogP contribution in [0.2, 0.25) is 0 Å². The van der Waals surface area contributed by atoms with E-state index in [2.05, 4.69) is 5.32 Å². The van der Waals surface area contributed by atoms with Gasteiger partial charge in [0.2, 0.25) is 5.91 Å². The van der Waals surface area contributed by atoms with E-state index in [4.69, 9.17) is 4.74 Å². The summed E-state index contributed by atoms with van der Waals surface area (Å²) in [5, 5.41) is 12.6. The molecule has 1 aliphatic rings. The quantitative estimate of drug-likeness (QED) is 0.403. The number of nitrogens with zero attached hydrogens (tertiary/aromatic N) is 2. The number of anilines is 2. The summed E-state index contributed by atoms with van der Waals surface area (Å²) < 4.78 is 5.23. The Morgan fingerprint density at radius 1 is 1.06 bits per heavy atom. The maximum absolute atomic E-state index is 13.5. The molecule has 1 N–H and O–H groups in total. The molecule has 6 nitrogen and oxygen atoms in total. The highest BCUT2D eigenvalue weighted by atomic mass is 32.2. The first kappa shape index (κ1) is 23.1. The van der Waals surface area contributed by atoms with Crippen LogP contribution in [0.4, 0.5) is 11.4 Å². The van der Waals surface area contributed by atoms with Gasteiger partial charge in [-0.2, -0.15) is 5.26 Å². The fourth-order valence-corrected chi connectivity index (χ4v) is 4.92. The van der Waals surface area contributed by atoms with Crippen molar-refractivity contribution >= 4 is 35.0 Å². The molecule has 1 heterocycles. The normalized spacial score (nSPS) is 16.7. The number of methoxy groups -OCH3 is 1. The van der Waals surface area contributed by atoms with Crippen LogP contribution in [0.5, 0.6) is 5.75 Å². The van der Waals surface area contributed by atoms with Crippen LogP contribution in [0.15, 0.2) is 89.5 Å². The number of hydrogen-bond acceptors (Lipinski definition) is 5. The van der Waals surface area contributed by atoms with E-state index >= 15 is 0 Å². The number of rotatable bonds is 6. The van der Waals surface area contributed by atoms with Crippen molar-refractivity contribution in [2.45, 2.75) is 18.6 Å². The zero-order chi connectivity index (χ0) is 24.1. The molecule has 1 unspecified atom stereocenters. The minimum absolute atomic E-state index is 0.106. The molecule has 0 bridgehead atoms. The fraction of sp³-hybridized carbons (Fsp3) is 0.148. The minimum atomic E-state index is -0.555. The molecule has 4 rings (SSSR count). The number of ether oxygens (including phenoxy) is 1. The van der Waals surface area contributed by atoms with Crippen molar-refractivity contribution in [1.82, 2.24) is 0 Å². The van der Waals surface area contributed by atoms with E-state index in [1.165, 1.54) is 16.7 Å². The van der Waals surface area contributed by atoms with Crippen molar-refractivity contribution in [2.75, 3.05) is 17.3 Å². The van der Waals surface area contributed by atoms with Gasteiger partial charge in [-0.15, -0.1) is 0 Å². The Labute approximate surface area is 202 Å². The molecule has 0 spiro atoms. The van der Waals surface area contributed by atoms with Crippen LogP contribution >= 0.6 is 11.8 Å². The number of nitriles is 1. The Balaban J connectivity index is 1.72. The van der Waals surface area contributed by atoms with Gasteiger partial charge in [-0.1, -0.05) is 59.8 Å². The Morgan fingerprint density at radius 3 is 2.35 bits per heavy atom. The highest BCUT2D eigenvalue weighted by Crippen LogP contribution is 2.42. The molecule has 3 aromatic carbocycles. The van der Waals surface area contributed by atoms with Crippen molar-refractivity contribution in [3.8, 4) is 11.8 Å². The van der Waals surface area contributed by atoms with Crippen molar-refractivity contribution in [3.05, 3.63) is 101 Å². The lowest BCUT2D eigenvalue weighted by molar-refractivity contribution is -0.117. The predicted molar refractivity (Wildman–Crippen MR) is 134 cm³/mol. The molecule has 0 aliphatic carbocycles. The lowest BCUT2D eigenvalue weighted by atomic mass is 10.1. The van der Waals surface area contributed by atoms with Crippen molar-refractivity contribution in [3.63, 3.8) is 0 Å². The summed E-state index contributed by atoms with van der Waals surface area (Å²) >= 11 is 1.24. The van der Waals surface area contributed by atoms with E-state index in [1.54, 1.807) is 43.5 Å². The van der Waals surface area contributed by atoms with Crippen molar-refractivity contribution < 1.29 is 14.3 Å². The van der Waals surface area contributed by atoms with Crippen LogP contribution in [0.3, 0.4) is 0 Å². The molecule has 170 valence electrons. The highest BCUT2D eigenvalue weighted by molar-refractivity contribution is 8.05. The van der Waals surface area contributed by atoms with Gasteiger partial charge < -0.3 is 10.1 Å². The summed E-state index contributed by atoms with van der Waals surface area (Å²) in [6, 6.07) is 26.0. The van der Waals surface area contributed by atoms with Gasteiger partial charge in [0, 0.05) is 11.4 Å². The van der Waals surface area contributed by atoms with Gasteiger partial charge in [-0.05, 0) is 55.3 Å². The largest absolute Gasteiger partial charge is 0.497 e. The second-order valence-electron chi connectivity index (χ2n) is 7.78. The number of carbonyl (C=O) groups is 2. The first-order valence-corrected chi connectivity index (χ1v) is 11.6. The lowest BCUT2D eigenvalue weighted by Crippen LogP contribution is -2.30. The minimum Gasteiger partial charge on any atom is -0.497 e. The molecule has 1 aliphatic heterocycles. The monoisotopic (exact) mass is 469 g/mol. The molecular weight excluding hydrogens is 446 g/mol. The molecule has 0 aromatic heterocycles. The topological polar surface area (TPSA) is 82.4 Å². The number of nitrogens with one attached hydrogen (secondary N) is 1. The first-order valence-electron chi connectivity index (χ1n) is 10.7. The smallest absolute Gasteiger partial charge is 0.269 e. The summed E-state index contributed by atoms with van der Waals surface area (Å²) in [5.41, 5.74) is 3.11. The Bertz CT molecular complexity index is 1260. The van der Waals surface area contributed by atoms with Gasteiger partial charge in [0.05, 0.1) is 12.4 Å². The fourth-order valence-electron chi connectivity index (χ4n) is 3.61. The molecule has 0 radical (unpaired) electrons. The zero-order valence-corrected chi connectivity index (χ0v) is 19.6. The number of hydrogen-bond donors (Lipinski definition) is 1. The number of amides is 2. The third-order valence-corrected chi connectivity index (χ3v) is 6.67. The number of thioether (sulfide) groups is 1. The molecule has 1 atom stereocenters. The number of carbonyl (C=O) groups excluding carboxylic acids is 2. The molecule has 1 saturated heterocycles.